The van der Waals surface area contributed by atoms with Crippen LogP contribution in [0.15, 0.2) is 48.5 Å². The molecule has 1 aliphatic rings. The van der Waals surface area contributed by atoms with Gasteiger partial charge in [-0.3, -0.25) is 4.79 Å². The summed E-state index contributed by atoms with van der Waals surface area (Å²) in [6.07, 6.45) is 1.48. The molecule has 1 saturated heterocycles. The topological polar surface area (TPSA) is 124 Å². The summed E-state index contributed by atoms with van der Waals surface area (Å²) in [5.74, 6) is 1.31. The van der Waals surface area contributed by atoms with E-state index >= 15 is 0 Å². The number of ether oxygens (including phenoxy) is 3. The third-order valence-electron chi connectivity index (χ3n) is 8.15. The number of benzene rings is 3. The van der Waals surface area contributed by atoms with Crippen molar-refractivity contribution in [2.45, 2.75) is 45.1 Å². The van der Waals surface area contributed by atoms with E-state index in [0.29, 0.717) is 33.7 Å². The Morgan fingerprint density at radius 2 is 1.74 bits per heavy atom. The third-order valence-corrected chi connectivity index (χ3v) is 8.89. The monoisotopic (exact) mass is 689 g/mol. The Morgan fingerprint density at radius 3 is 2.45 bits per heavy atom. The maximum atomic E-state index is 12.2. The molecule has 4 rings (SSSR count). The minimum Gasteiger partial charge on any atom is -0.493 e. The Morgan fingerprint density at radius 1 is 1.00 bits per heavy atom. The van der Waals surface area contributed by atoms with E-state index in [2.05, 4.69) is 10.2 Å². The smallest absolute Gasteiger partial charge is 0.259 e. The molecule has 0 spiro atoms. The van der Waals surface area contributed by atoms with Gasteiger partial charge in [-0.05, 0) is 43.0 Å². The van der Waals surface area contributed by atoms with Gasteiger partial charge in [-0.25, -0.2) is 0 Å². The van der Waals surface area contributed by atoms with Gasteiger partial charge >= 0.3 is 0 Å². The van der Waals surface area contributed by atoms with Crippen LogP contribution in [-0.4, -0.2) is 103 Å². The standard InChI is InChI=1S/C35H45Cl2N3O7/c1-23-28(8-5-10-31(23)45-14-6-12-40-13-11-27(43)18-40)29-9-4-7-24(35(29)37)21-46-33-16-32(47-22-34(44)39(2)3)25(15-30(33)36)17-38-26(19-41)20-42/h4-5,7-10,15-16,26-27,38,41-43H,6,11-14,17-22H2,1-3H3. The molecule has 47 heavy (non-hydrogen) atoms. The SMILES string of the molecule is Cc1c(OCCCN2CCC(O)C2)cccc1-c1cccc(COc2cc(OCC(=O)N(C)C)c(CNC(CO)CO)cc2Cl)c1Cl. The van der Waals surface area contributed by atoms with Crippen LogP contribution in [0.3, 0.4) is 0 Å². The molecule has 3 aromatic rings. The summed E-state index contributed by atoms with van der Waals surface area (Å²) < 4.78 is 18.1. The summed E-state index contributed by atoms with van der Waals surface area (Å²) >= 11 is 13.6. The lowest BCUT2D eigenvalue weighted by molar-refractivity contribution is -0.130. The fourth-order valence-corrected chi connectivity index (χ4v) is 5.79. The molecule has 1 amide bonds. The summed E-state index contributed by atoms with van der Waals surface area (Å²) in [7, 11) is 3.29. The molecule has 0 bridgehead atoms. The second-order valence-electron chi connectivity index (χ2n) is 11.9. The van der Waals surface area contributed by atoms with Gasteiger partial charge < -0.3 is 44.6 Å². The Bertz CT molecular complexity index is 1490. The van der Waals surface area contributed by atoms with Gasteiger partial charge in [-0.2, -0.15) is 0 Å². The second kappa shape index (κ2) is 17.9. The molecule has 0 saturated carbocycles. The van der Waals surface area contributed by atoms with E-state index in [1.165, 1.54) is 4.90 Å². The van der Waals surface area contributed by atoms with E-state index in [1.54, 1.807) is 26.2 Å². The summed E-state index contributed by atoms with van der Waals surface area (Å²) in [6, 6.07) is 14.5. The highest BCUT2D eigenvalue weighted by atomic mass is 35.5. The maximum absolute atomic E-state index is 12.2. The quantitative estimate of drug-likeness (QED) is 0.154. The number of carbonyl (C=O) groups is 1. The van der Waals surface area contributed by atoms with Crippen molar-refractivity contribution < 1.29 is 34.3 Å². The van der Waals surface area contributed by atoms with E-state index in [-0.39, 0.29) is 45.0 Å². The highest BCUT2D eigenvalue weighted by molar-refractivity contribution is 6.34. The van der Waals surface area contributed by atoms with E-state index in [4.69, 9.17) is 37.4 Å². The van der Waals surface area contributed by atoms with Crippen LogP contribution in [0, 0.1) is 6.92 Å². The lowest BCUT2D eigenvalue weighted by Crippen LogP contribution is -2.35. The zero-order chi connectivity index (χ0) is 33.9. The van der Waals surface area contributed by atoms with Crippen molar-refractivity contribution >= 4 is 29.1 Å². The lowest BCUT2D eigenvalue weighted by Gasteiger charge is -2.19. The number of nitrogens with zero attached hydrogens (tertiary/aromatic N) is 2. The second-order valence-corrected chi connectivity index (χ2v) is 12.6. The van der Waals surface area contributed by atoms with Gasteiger partial charge in [0.25, 0.3) is 5.91 Å². The van der Waals surface area contributed by atoms with E-state index in [1.807, 2.05) is 43.3 Å². The molecular weight excluding hydrogens is 645 g/mol. The van der Waals surface area contributed by atoms with Crippen LogP contribution in [0.1, 0.15) is 29.5 Å². The zero-order valence-electron chi connectivity index (χ0n) is 27.2. The van der Waals surface area contributed by atoms with Crippen LogP contribution in [-0.2, 0) is 17.9 Å². The number of likely N-dealkylation sites (tertiary alicyclic amines) is 1. The first-order valence-corrected chi connectivity index (χ1v) is 16.5. The number of likely N-dealkylation sites (N-methyl/N-ethyl adjacent to an activating group) is 1. The Balaban J connectivity index is 1.47. The largest absolute Gasteiger partial charge is 0.493 e. The predicted octanol–water partition coefficient (Wildman–Crippen LogP) is 4.29. The first-order chi connectivity index (χ1) is 22.6. The molecule has 1 aliphatic heterocycles. The van der Waals surface area contributed by atoms with Crippen LogP contribution < -0.4 is 19.5 Å². The number of aliphatic hydroxyl groups is 3. The first kappa shape index (κ1) is 36.7. The van der Waals surface area contributed by atoms with Gasteiger partial charge in [0.15, 0.2) is 6.61 Å². The Kier molecular flexibility index (Phi) is 14.0. The molecule has 4 N–H and O–H groups in total. The summed E-state index contributed by atoms with van der Waals surface area (Å²) in [5.41, 5.74) is 4.17. The van der Waals surface area contributed by atoms with Crippen molar-refractivity contribution in [3.05, 3.63) is 75.3 Å². The number of carbonyl (C=O) groups excluding carboxylic acids is 1. The van der Waals surface area contributed by atoms with Crippen LogP contribution in [0.5, 0.6) is 17.2 Å². The fourth-order valence-electron chi connectivity index (χ4n) is 5.27. The number of aliphatic hydroxyl groups excluding tert-OH is 3. The van der Waals surface area contributed by atoms with Crippen molar-refractivity contribution in [3.8, 4) is 28.4 Å². The predicted molar refractivity (Wildman–Crippen MR) is 184 cm³/mol. The van der Waals surface area contributed by atoms with E-state index < -0.39 is 6.04 Å². The van der Waals surface area contributed by atoms with Gasteiger partial charge in [0.1, 0.15) is 23.9 Å². The Labute approximate surface area is 286 Å². The number of β-amino-alcohol motifs (C(OH)–C–C–N with tert-alkyl or cyclic N) is 1. The average Bonchev–Trinajstić information content (AvgIpc) is 3.48. The molecule has 1 unspecified atom stereocenters. The van der Waals surface area contributed by atoms with Gasteiger partial charge in [-0.1, -0.05) is 53.5 Å². The van der Waals surface area contributed by atoms with Crippen molar-refractivity contribution in [1.82, 2.24) is 15.1 Å². The van der Waals surface area contributed by atoms with E-state index in [0.717, 1.165) is 60.5 Å². The molecule has 256 valence electrons. The number of halogens is 2. The lowest BCUT2D eigenvalue weighted by atomic mass is 9.98. The molecule has 0 aliphatic carbocycles. The highest BCUT2D eigenvalue weighted by Gasteiger charge is 2.20. The summed E-state index contributed by atoms with van der Waals surface area (Å²) in [6.45, 7) is 4.81. The Hall–Kier alpha value is -3.09. The molecule has 1 heterocycles. The average molecular weight is 691 g/mol. The summed E-state index contributed by atoms with van der Waals surface area (Å²) in [4.78, 5) is 15.9. The van der Waals surface area contributed by atoms with Crippen molar-refractivity contribution in [3.63, 3.8) is 0 Å². The first-order valence-electron chi connectivity index (χ1n) is 15.7. The van der Waals surface area contributed by atoms with Gasteiger partial charge in [0.2, 0.25) is 0 Å². The normalized spacial score (nSPS) is 14.9. The number of nitrogens with one attached hydrogen (secondary N) is 1. The van der Waals surface area contributed by atoms with Gasteiger partial charge in [-0.15, -0.1) is 0 Å². The molecule has 12 heteroatoms. The van der Waals surface area contributed by atoms with Crippen LogP contribution in [0.25, 0.3) is 11.1 Å². The minimum atomic E-state index is -0.526. The third kappa shape index (κ3) is 10.2. The van der Waals surface area contributed by atoms with Crippen LogP contribution >= 0.6 is 23.2 Å². The fraction of sp³-hybridized carbons (Fsp3) is 0.457. The number of rotatable bonds is 17. The zero-order valence-corrected chi connectivity index (χ0v) is 28.7. The molecule has 0 aromatic heterocycles. The van der Waals surface area contributed by atoms with Crippen molar-refractivity contribution in [2.75, 3.05) is 60.2 Å². The molecule has 1 fully saturated rings. The van der Waals surface area contributed by atoms with Crippen molar-refractivity contribution in [1.29, 1.82) is 0 Å². The van der Waals surface area contributed by atoms with Crippen molar-refractivity contribution in [2.24, 2.45) is 0 Å². The highest BCUT2D eigenvalue weighted by Crippen LogP contribution is 2.38. The molecule has 3 aromatic carbocycles. The van der Waals surface area contributed by atoms with E-state index in [9.17, 15) is 20.1 Å². The van der Waals surface area contributed by atoms with Crippen LogP contribution in [0.2, 0.25) is 10.0 Å². The number of amides is 1. The number of hydrogen-bond donors (Lipinski definition) is 4. The maximum Gasteiger partial charge on any atom is 0.259 e. The van der Waals surface area contributed by atoms with Gasteiger partial charge in [0.05, 0.1) is 42.0 Å². The molecule has 1 atom stereocenters. The molecule has 0 radical (unpaired) electrons. The van der Waals surface area contributed by atoms with Crippen LogP contribution in [0.4, 0.5) is 0 Å². The summed E-state index contributed by atoms with van der Waals surface area (Å²) in [5, 5.41) is 32.5. The molecule has 10 nitrogen and oxygen atoms in total. The number of hydrogen-bond acceptors (Lipinski definition) is 9. The molecular formula is C35H45Cl2N3O7. The minimum absolute atomic E-state index is 0.123. The van der Waals surface area contributed by atoms with Gasteiger partial charge in [0, 0.05) is 63.0 Å².